The summed E-state index contributed by atoms with van der Waals surface area (Å²) in [6.07, 6.45) is 5.35. The molecule has 2 saturated heterocycles. The van der Waals surface area contributed by atoms with Gasteiger partial charge in [0.15, 0.2) is 0 Å². The molecule has 120 valence electrons. The molecule has 2 aliphatic rings. The molecular formula is C18H17N5O. The minimum atomic E-state index is 0.00966. The largest absolute Gasteiger partial charge is 0.336 e. The number of nitrogens with zero attached hydrogens (tertiary/aromatic N) is 5. The minimum Gasteiger partial charge on any atom is -0.336 e. The molecule has 24 heavy (non-hydrogen) atoms. The van der Waals surface area contributed by atoms with Crippen LogP contribution in [0.4, 0.5) is 5.95 Å². The second kappa shape index (κ2) is 5.93. The van der Waals surface area contributed by atoms with E-state index in [4.69, 9.17) is 5.26 Å². The summed E-state index contributed by atoms with van der Waals surface area (Å²) in [6.45, 7) is 1.59. The second-order valence-corrected chi connectivity index (χ2v) is 6.15. The first kappa shape index (κ1) is 14.6. The third-order valence-corrected chi connectivity index (χ3v) is 4.88. The number of rotatable bonds is 2. The summed E-state index contributed by atoms with van der Waals surface area (Å²) in [7, 11) is 0. The topological polar surface area (TPSA) is 73.1 Å². The highest BCUT2D eigenvalue weighted by atomic mass is 16.2. The number of anilines is 1. The number of likely N-dealkylation sites (tertiary alicyclic amines) is 1. The van der Waals surface area contributed by atoms with Gasteiger partial charge in [-0.15, -0.1) is 0 Å². The van der Waals surface area contributed by atoms with Crippen molar-refractivity contribution in [2.45, 2.75) is 24.9 Å². The lowest BCUT2D eigenvalue weighted by atomic mass is 10.1. The van der Waals surface area contributed by atoms with Crippen molar-refractivity contribution < 1.29 is 4.79 Å². The molecule has 6 nitrogen and oxygen atoms in total. The molecule has 0 radical (unpaired) electrons. The van der Waals surface area contributed by atoms with Gasteiger partial charge in [0.05, 0.1) is 23.7 Å². The van der Waals surface area contributed by atoms with Crippen LogP contribution in [0.3, 0.4) is 0 Å². The summed E-state index contributed by atoms with van der Waals surface area (Å²) < 4.78 is 0. The predicted octanol–water partition coefficient (Wildman–Crippen LogP) is 1.84. The van der Waals surface area contributed by atoms with Crippen molar-refractivity contribution >= 4 is 11.9 Å². The van der Waals surface area contributed by atoms with Crippen LogP contribution < -0.4 is 4.90 Å². The highest BCUT2D eigenvalue weighted by molar-refractivity contribution is 5.95. The van der Waals surface area contributed by atoms with Crippen LogP contribution in [0.25, 0.3) is 0 Å². The van der Waals surface area contributed by atoms with Gasteiger partial charge in [-0.1, -0.05) is 6.07 Å². The van der Waals surface area contributed by atoms with Gasteiger partial charge in [-0.25, -0.2) is 9.97 Å². The molecule has 0 spiro atoms. The first-order valence-electron chi connectivity index (χ1n) is 8.13. The highest BCUT2D eigenvalue weighted by Gasteiger charge is 2.45. The van der Waals surface area contributed by atoms with Gasteiger partial charge in [0.25, 0.3) is 5.91 Å². The number of nitriles is 1. The van der Waals surface area contributed by atoms with Crippen LogP contribution in [0.5, 0.6) is 0 Å². The number of benzene rings is 1. The molecular weight excluding hydrogens is 302 g/mol. The first-order chi connectivity index (χ1) is 11.8. The predicted molar refractivity (Wildman–Crippen MR) is 88.4 cm³/mol. The van der Waals surface area contributed by atoms with Crippen molar-refractivity contribution in [3.8, 4) is 6.07 Å². The Bertz CT molecular complexity index is 801. The number of hydrogen-bond donors (Lipinski definition) is 0. The van der Waals surface area contributed by atoms with Crippen LogP contribution in [0.1, 0.15) is 28.8 Å². The third-order valence-electron chi connectivity index (χ3n) is 4.88. The molecule has 1 amide bonds. The van der Waals surface area contributed by atoms with Crippen LogP contribution in [0.2, 0.25) is 0 Å². The summed E-state index contributed by atoms with van der Waals surface area (Å²) in [5, 5.41) is 9.02. The third kappa shape index (κ3) is 2.38. The number of fused-ring (bicyclic) bond motifs is 1. The van der Waals surface area contributed by atoms with E-state index in [1.54, 1.807) is 36.7 Å². The maximum Gasteiger partial charge on any atom is 0.254 e. The van der Waals surface area contributed by atoms with Crippen LogP contribution >= 0.6 is 0 Å². The van der Waals surface area contributed by atoms with Crippen molar-refractivity contribution in [3.63, 3.8) is 0 Å². The quantitative estimate of drug-likeness (QED) is 0.844. The summed E-state index contributed by atoms with van der Waals surface area (Å²) >= 11 is 0. The van der Waals surface area contributed by atoms with Crippen molar-refractivity contribution in [1.82, 2.24) is 14.9 Å². The summed E-state index contributed by atoms with van der Waals surface area (Å²) in [5.74, 6) is 0.751. The van der Waals surface area contributed by atoms with E-state index in [-0.39, 0.29) is 18.0 Å². The number of amides is 1. The lowest BCUT2D eigenvalue weighted by Crippen LogP contribution is -2.40. The Morgan fingerprint density at radius 1 is 1.12 bits per heavy atom. The van der Waals surface area contributed by atoms with Crippen LogP contribution in [0, 0.1) is 11.3 Å². The van der Waals surface area contributed by atoms with E-state index >= 15 is 0 Å². The molecule has 0 saturated carbocycles. The Hall–Kier alpha value is -2.94. The van der Waals surface area contributed by atoms with Gasteiger partial charge in [-0.05, 0) is 37.1 Å². The van der Waals surface area contributed by atoms with Crippen molar-refractivity contribution in [1.29, 1.82) is 5.26 Å². The Kier molecular flexibility index (Phi) is 3.62. The average Bonchev–Trinajstić information content (AvgIpc) is 3.24. The molecule has 0 aliphatic carbocycles. The molecule has 1 aromatic heterocycles. The van der Waals surface area contributed by atoms with Crippen molar-refractivity contribution in [3.05, 3.63) is 53.9 Å². The van der Waals surface area contributed by atoms with Gasteiger partial charge in [0.1, 0.15) is 0 Å². The average molecular weight is 319 g/mol. The van der Waals surface area contributed by atoms with Crippen LogP contribution in [-0.2, 0) is 0 Å². The highest BCUT2D eigenvalue weighted by Crippen LogP contribution is 2.34. The maximum absolute atomic E-state index is 12.9. The zero-order chi connectivity index (χ0) is 16.5. The monoisotopic (exact) mass is 319 g/mol. The molecule has 0 unspecified atom stereocenters. The number of aromatic nitrogens is 2. The number of hydrogen-bond acceptors (Lipinski definition) is 5. The summed E-state index contributed by atoms with van der Waals surface area (Å²) in [6, 6.07) is 11.3. The molecule has 4 rings (SSSR count). The molecule has 2 aromatic rings. The van der Waals surface area contributed by atoms with E-state index in [9.17, 15) is 4.79 Å². The van der Waals surface area contributed by atoms with Crippen molar-refractivity contribution in [2.24, 2.45) is 0 Å². The van der Waals surface area contributed by atoms with Gasteiger partial charge >= 0.3 is 0 Å². The number of carbonyl (C=O) groups is 1. The van der Waals surface area contributed by atoms with E-state index in [1.807, 2.05) is 11.0 Å². The van der Waals surface area contributed by atoms with Gasteiger partial charge in [-0.3, -0.25) is 4.79 Å². The fourth-order valence-electron chi connectivity index (χ4n) is 3.81. The lowest BCUT2D eigenvalue weighted by Gasteiger charge is -2.25. The van der Waals surface area contributed by atoms with Gasteiger partial charge in [0, 0.05) is 31.0 Å². The smallest absolute Gasteiger partial charge is 0.254 e. The molecule has 2 aliphatic heterocycles. The van der Waals surface area contributed by atoms with E-state index < -0.39 is 0 Å². The SMILES string of the molecule is N#Cc1cccc(C(=O)N2CC[C@@H]3[C@@H]2CCN3c2ncccn2)c1. The summed E-state index contributed by atoms with van der Waals surface area (Å²) in [5.41, 5.74) is 1.10. The van der Waals surface area contributed by atoms with E-state index in [0.29, 0.717) is 11.1 Å². The van der Waals surface area contributed by atoms with E-state index in [2.05, 4.69) is 20.9 Å². The first-order valence-corrected chi connectivity index (χ1v) is 8.13. The fourth-order valence-corrected chi connectivity index (χ4v) is 3.81. The second-order valence-electron chi connectivity index (χ2n) is 6.15. The standard InChI is InChI=1S/C18H17N5O/c19-12-13-3-1-4-14(11-13)17(24)22-9-5-16-15(22)6-10-23(16)18-20-7-2-8-21-18/h1-4,7-8,11,15-16H,5-6,9-10H2/t15-,16+/m0/s1. The van der Waals surface area contributed by atoms with Crippen LogP contribution in [-0.4, -0.2) is 45.9 Å². The van der Waals surface area contributed by atoms with Crippen molar-refractivity contribution in [2.75, 3.05) is 18.0 Å². The molecule has 3 heterocycles. The molecule has 1 aromatic carbocycles. The Morgan fingerprint density at radius 3 is 2.71 bits per heavy atom. The lowest BCUT2D eigenvalue weighted by molar-refractivity contribution is 0.0737. The van der Waals surface area contributed by atoms with Gasteiger partial charge in [0.2, 0.25) is 5.95 Å². The van der Waals surface area contributed by atoms with Gasteiger partial charge in [-0.2, -0.15) is 5.26 Å². The molecule has 6 heteroatoms. The summed E-state index contributed by atoms with van der Waals surface area (Å²) in [4.78, 5) is 25.7. The number of carbonyl (C=O) groups excluding carboxylic acids is 1. The molecule has 2 fully saturated rings. The Labute approximate surface area is 140 Å². The maximum atomic E-state index is 12.9. The molecule has 0 bridgehead atoms. The molecule has 0 N–H and O–H groups in total. The van der Waals surface area contributed by atoms with E-state index in [1.165, 1.54) is 0 Å². The zero-order valence-corrected chi connectivity index (χ0v) is 13.2. The zero-order valence-electron chi connectivity index (χ0n) is 13.2. The Balaban J connectivity index is 1.55. The fraction of sp³-hybridized carbons (Fsp3) is 0.333. The Morgan fingerprint density at radius 2 is 1.92 bits per heavy atom. The normalized spacial score (nSPS) is 22.3. The van der Waals surface area contributed by atoms with E-state index in [0.717, 1.165) is 31.9 Å². The minimum absolute atomic E-state index is 0.00966. The van der Waals surface area contributed by atoms with Crippen LogP contribution in [0.15, 0.2) is 42.7 Å². The van der Waals surface area contributed by atoms with Gasteiger partial charge < -0.3 is 9.80 Å². The molecule has 2 atom stereocenters.